The van der Waals surface area contributed by atoms with Crippen molar-refractivity contribution in [3.8, 4) is 5.69 Å². The Kier molecular flexibility index (Phi) is 7.71. The third-order valence-electron chi connectivity index (χ3n) is 8.38. The molecule has 1 aromatic heterocycles. The van der Waals surface area contributed by atoms with Crippen molar-refractivity contribution in [1.29, 1.82) is 0 Å². The molecule has 0 N–H and O–H groups in total. The van der Waals surface area contributed by atoms with Gasteiger partial charge in [0.2, 0.25) is 0 Å². The fraction of sp³-hybridized carbons (Fsp3) is 0.375. The summed E-state index contributed by atoms with van der Waals surface area (Å²) in [6, 6.07) is 17.5. The minimum atomic E-state index is -0.274. The number of amides is 1. The Morgan fingerprint density at radius 3 is 2.41 bits per heavy atom. The molecule has 0 bridgehead atoms. The molecular weight excluding hydrogens is 534 g/mol. The highest BCUT2D eigenvalue weighted by atomic mass is 32.2. The summed E-state index contributed by atoms with van der Waals surface area (Å²) < 4.78 is 2.04. The van der Waals surface area contributed by atoms with E-state index >= 15 is 0 Å². The van der Waals surface area contributed by atoms with Gasteiger partial charge in [-0.2, -0.15) is 0 Å². The zero-order valence-electron chi connectivity index (χ0n) is 23.6. The number of rotatable bonds is 6. The Morgan fingerprint density at radius 1 is 0.976 bits per heavy atom. The van der Waals surface area contributed by atoms with Gasteiger partial charge in [0, 0.05) is 36.6 Å². The fourth-order valence-electron chi connectivity index (χ4n) is 6.33. The Labute approximate surface area is 244 Å². The van der Waals surface area contributed by atoms with Gasteiger partial charge in [-0.3, -0.25) is 19.8 Å². The van der Waals surface area contributed by atoms with Gasteiger partial charge in [0.05, 0.1) is 21.2 Å². The van der Waals surface area contributed by atoms with Gasteiger partial charge in [0.1, 0.15) is 5.69 Å². The number of para-hydroxylation sites is 1. The van der Waals surface area contributed by atoms with Crippen molar-refractivity contribution in [2.75, 3.05) is 18.0 Å². The van der Waals surface area contributed by atoms with Crippen molar-refractivity contribution in [2.24, 2.45) is 4.99 Å². The minimum absolute atomic E-state index is 0.00269. The molecule has 1 aliphatic carbocycles. The van der Waals surface area contributed by atoms with Crippen LogP contribution >= 0.6 is 11.8 Å². The average Bonchev–Trinajstić information content (AvgIpc) is 3.68. The molecule has 0 unspecified atom stereocenters. The molecule has 3 aliphatic rings. The normalized spacial score (nSPS) is 20.1. The summed E-state index contributed by atoms with van der Waals surface area (Å²) in [5.41, 5.74) is 5.22. The summed E-state index contributed by atoms with van der Waals surface area (Å²) in [7, 11) is 0. The molecule has 3 fully saturated rings. The number of piperidine rings is 1. The zero-order chi connectivity index (χ0) is 28.5. The SMILES string of the molecule is Cc1cc(/C=C2\SC(=Nc3ccccc3)N(C3CCCC3)C2=O)c(C)n1-c1ccc(N2CCCCC2)c([N+](=O)[O-])c1. The van der Waals surface area contributed by atoms with Crippen LogP contribution in [0.4, 0.5) is 17.1 Å². The van der Waals surface area contributed by atoms with Gasteiger partial charge < -0.3 is 9.47 Å². The highest BCUT2D eigenvalue weighted by molar-refractivity contribution is 8.18. The number of aliphatic imine (C=N–C) groups is 1. The number of thioether (sulfide) groups is 1. The minimum Gasteiger partial charge on any atom is -0.366 e. The highest BCUT2D eigenvalue weighted by Gasteiger charge is 2.39. The van der Waals surface area contributed by atoms with Gasteiger partial charge in [-0.1, -0.05) is 31.0 Å². The van der Waals surface area contributed by atoms with E-state index in [0.29, 0.717) is 10.6 Å². The number of hydrogen-bond donors (Lipinski definition) is 0. The average molecular weight is 570 g/mol. The van der Waals surface area contributed by atoms with E-state index in [2.05, 4.69) is 4.90 Å². The number of nitrogens with zero attached hydrogens (tertiary/aromatic N) is 5. The molecule has 9 heteroatoms. The number of nitro benzene ring substituents is 1. The second-order valence-electron chi connectivity index (χ2n) is 11.1. The monoisotopic (exact) mass is 569 g/mol. The molecule has 0 radical (unpaired) electrons. The third-order valence-corrected chi connectivity index (χ3v) is 9.36. The highest BCUT2D eigenvalue weighted by Crippen LogP contribution is 2.40. The molecular formula is C32H35N5O3S. The standard InChI is InChI=1S/C32H35N5O3S/c1-22-19-24(23(2)35(22)27-15-16-28(29(21-27)37(39)40)34-17-9-4-10-18-34)20-30-31(38)36(26-13-7-8-14-26)32(41-30)33-25-11-5-3-6-12-25/h3,5-6,11-12,15-16,19-21,26H,4,7-10,13-14,17-18H2,1-2H3/b30-20-,33-32?. The van der Waals surface area contributed by atoms with E-state index in [1.54, 1.807) is 6.07 Å². The number of carbonyl (C=O) groups excluding carboxylic acids is 1. The van der Waals surface area contributed by atoms with Crippen molar-refractivity contribution in [3.63, 3.8) is 0 Å². The summed E-state index contributed by atoms with van der Waals surface area (Å²) in [5.74, 6) is 0.00269. The van der Waals surface area contributed by atoms with Crippen molar-refractivity contribution in [3.05, 3.63) is 86.6 Å². The number of carbonyl (C=O) groups is 1. The van der Waals surface area contributed by atoms with E-state index in [-0.39, 0.29) is 22.6 Å². The summed E-state index contributed by atoms with van der Waals surface area (Å²) in [5, 5.41) is 12.8. The quantitative estimate of drug-likeness (QED) is 0.174. The van der Waals surface area contributed by atoms with Gasteiger partial charge in [0.25, 0.3) is 11.6 Å². The molecule has 2 aliphatic heterocycles. The van der Waals surface area contributed by atoms with Crippen LogP contribution in [0.1, 0.15) is 61.9 Å². The van der Waals surface area contributed by atoms with Gasteiger partial charge in [-0.05, 0) is 99.7 Å². The summed E-state index contributed by atoms with van der Waals surface area (Å²) in [6.07, 6.45) is 9.47. The van der Waals surface area contributed by atoms with Crippen molar-refractivity contribution < 1.29 is 9.72 Å². The number of anilines is 1. The van der Waals surface area contributed by atoms with E-state index in [0.717, 1.165) is 85.1 Å². The van der Waals surface area contributed by atoms with Crippen LogP contribution in [0, 0.1) is 24.0 Å². The van der Waals surface area contributed by atoms with Crippen LogP contribution in [0.15, 0.2) is 64.5 Å². The maximum absolute atomic E-state index is 13.7. The molecule has 6 rings (SSSR count). The molecule has 0 spiro atoms. The lowest BCUT2D eigenvalue weighted by Crippen LogP contribution is -2.37. The molecule has 1 amide bonds. The Hall–Kier alpha value is -3.85. The topological polar surface area (TPSA) is 84.0 Å². The first-order chi connectivity index (χ1) is 19.9. The fourth-order valence-corrected chi connectivity index (χ4v) is 7.38. The van der Waals surface area contributed by atoms with Crippen LogP contribution in [0.5, 0.6) is 0 Å². The Bertz CT molecular complexity index is 1530. The molecule has 2 saturated heterocycles. The van der Waals surface area contributed by atoms with E-state index < -0.39 is 0 Å². The maximum Gasteiger partial charge on any atom is 0.294 e. The second kappa shape index (κ2) is 11.6. The largest absolute Gasteiger partial charge is 0.366 e. The van der Waals surface area contributed by atoms with Gasteiger partial charge in [0.15, 0.2) is 5.17 Å². The molecule has 3 aromatic rings. The Balaban J connectivity index is 1.35. The molecule has 41 heavy (non-hydrogen) atoms. The first-order valence-corrected chi connectivity index (χ1v) is 15.3. The lowest BCUT2D eigenvalue weighted by molar-refractivity contribution is -0.384. The lowest BCUT2D eigenvalue weighted by atomic mass is 10.1. The number of amidine groups is 1. The van der Waals surface area contributed by atoms with Gasteiger partial charge >= 0.3 is 0 Å². The van der Waals surface area contributed by atoms with Crippen LogP contribution in [-0.2, 0) is 4.79 Å². The smallest absolute Gasteiger partial charge is 0.294 e. The molecule has 8 nitrogen and oxygen atoms in total. The van der Waals surface area contributed by atoms with E-state index in [9.17, 15) is 14.9 Å². The predicted octanol–water partition coefficient (Wildman–Crippen LogP) is 7.54. The van der Waals surface area contributed by atoms with Crippen LogP contribution in [0.25, 0.3) is 11.8 Å². The second-order valence-corrected chi connectivity index (χ2v) is 12.1. The summed E-state index contributed by atoms with van der Waals surface area (Å²) in [6.45, 7) is 5.69. The molecule has 3 heterocycles. The number of hydrogen-bond acceptors (Lipinski definition) is 6. The van der Waals surface area contributed by atoms with Crippen molar-refractivity contribution in [2.45, 2.75) is 64.8 Å². The van der Waals surface area contributed by atoms with Crippen LogP contribution in [0.2, 0.25) is 0 Å². The van der Waals surface area contributed by atoms with Crippen LogP contribution < -0.4 is 4.90 Å². The molecule has 212 valence electrons. The van der Waals surface area contributed by atoms with Crippen molar-refractivity contribution >= 4 is 46.0 Å². The van der Waals surface area contributed by atoms with Crippen LogP contribution in [-0.4, -0.2) is 44.6 Å². The number of aryl methyl sites for hydroxylation is 1. The van der Waals surface area contributed by atoms with E-state index in [1.807, 2.05) is 77.9 Å². The number of benzene rings is 2. The van der Waals surface area contributed by atoms with Gasteiger partial charge in [-0.15, -0.1) is 0 Å². The first-order valence-electron chi connectivity index (χ1n) is 14.5. The van der Waals surface area contributed by atoms with E-state index in [1.165, 1.54) is 18.2 Å². The van der Waals surface area contributed by atoms with Crippen molar-refractivity contribution in [1.82, 2.24) is 9.47 Å². The first kappa shape index (κ1) is 27.3. The summed E-state index contributed by atoms with van der Waals surface area (Å²) in [4.78, 5) is 35.1. The molecule has 0 atom stereocenters. The summed E-state index contributed by atoms with van der Waals surface area (Å²) >= 11 is 1.43. The van der Waals surface area contributed by atoms with Gasteiger partial charge in [-0.25, -0.2) is 4.99 Å². The predicted molar refractivity (Wildman–Crippen MR) is 166 cm³/mol. The number of nitro groups is 1. The number of aromatic nitrogens is 1. The Morgan fingerprint density at radius 2 is 1.71 bits per heavy atom. The molecule has 2 aromatic carbocycles. The maximum atomic E-state index is 13.7. The third kappa shape index (κ3) is 5.43. The van der Waals surface area contributed by atoms with Crippen LogP contribution in [0.3, 0.4) is 0 Å². The lowest BCUT2D eigenvalue weighted by Gasteiger charge is -2.28. The zero-order valence-corrected chi connectivity index (χ0v) is 24.4. The van der Waals surface area contributed by atoms with E-state index in [4.69, 9.17) is 4.99 Å². The molecule has 1 saturated carbocycles.